The molecule has 0 aliphatic carbocycles. The first-order chi connectivity index (χ1) is 8.78. The van der Waals surface area contributed by atoms with Crippen molar-refractivity contribution in [3.8, 4) is 0 Å². The Morgan fingerprint density at radius 2 is 1.74 bits per heavy atom. The summed E-state index contributed by atoms with van der Waals surface area (Å²) in [7, 11) is 0. The average molecular weight is 272 g/mol. The Labute approximate surface area is 114 Å². The standard InChI is InChI=1S/C14H24O5/c1-6-17-11(15)8-10-13(3,4)9-19-14(10,5)12(16)18-7-2/h10H,6-9H2,1-5H3/t10-,14-/m0/s1. The first-order valence-corrected chi connectivity index (χ1v) is 6.74. The summed E-state index contributed by atoms with van der Waals surface area (Å²) in [6.45, 7) is 10.2. The van der Waals surface area contributed by atoms with Crippen LogP contribution >= 0.6 is 0 Å². The molecule has 0 aromatic heterocycles. The van der Waals surface area contributed by atoms with Crippen molar-refractivity contribution in [1.29, 1.82) is 0 Å². The Kier molecular flexibility index (Phi) is 4.96. The summed E-state index contributed by atoms with van der Waals surface area (Å²) in [5.41, 5.74) is -1.35. The summed E-state index contributed by atoms with van der Waals surface area (Å²) >= 11 is 0. The largest absolute Gasteiger partial charge is 0.466 e. The van der Waals surface area contributed by atoms with E-state index >= 15 is 0 Å². The van der Waals surface area contributed by atoms with Crippen molar-refractivity contribution in [1.82, 2.24) is 0 Å². The highest BCUT2D eigenvalue weighted by Gasteiger charge is 2.57. The molecule has 0 spiro atoms. The van der Waals surface area contributed by atoms with Gasteiger partial charge in [-0.05, 0) is 26.2 Å². The Hall–Kier alpha value is -1.10. The molecule has 1 aliphatic rings. The smallest absolute Gasteiger partial charge is 0.338 e. The number of esters is 2. The maximum absolute atomic E-state index is 12.1. The van der Waals surface area contributed by atoms with Gasteiger partial charge in [0.15, 0.2) is 5.60 Å². The van der Waals surface area contributed by atoms with E-state index in [2.05, 4.69) is 0 Å². The zero-order chi connectivity index (χ0) is 14.7. The van der Waals surface area contributed by atoms with E-state index in [-0.39, 0.29) is 23.7 Å². The van der Waals surface area contributed by atoms with Gasteiger partial charge in [-0.3, -0.25) is 4.79 Å². The second kappa shape index (κ2) is 5.90. The van der Waals surface area contributed by atoms with Gasteiger partial charge < -0.3 is 14.2 Å². The molecule has 1 heterocycles. The van der Waals surface area contributed by atoms with Gasteiger partial charge in [0.1, 0.15) is 0 Å². The third-order valence-corrected chi connectivity index (χ3v) is 3.71. The lowest BCUT2D eigenvalue weighted by Crippen LogP contribution is -2.46. The molecule has 2 atom stereocenters. The van der Waals surface area contributed by atoms with Crippen LogP contribution < -0.4 is 0 Å². The number of carbonyl (C=O) groups excluding carboxylic acids is 2. The Morgan fingerprint density at radius 1 is 1.16 bits per heavy atom. The maximum Gasteiger partial charge on any atom is 0.338 e. The van der Waals surface area contributed by atoms with Gasteiger partial charge in [-0.15, -0.1) is 0 Å². The fourth-order valence-electron chi connectivity index (χ4n) is 2.62. The van der Waals surface area contributed by atoms with Crippen molar-refractivity contribution in [2.45, 2.75) is 46.6 Å². The van der Waals surface area contributed by atoms with E-state index in [0.29, 0.717) is 19.8 Å². The van der Waals surface area contributed by atoms with Crippen LogP contribution in [-0.4, -0.2) is 37.4 Å². The summed E-state index contributed by atoms with van der Waals surface area (Å²) in [5, 5.41) is 0. The molecule has 0 amide bonds. The van der Waals surface area contributed by atoms with Crippen molar-refractivity contribution in [3.63, 3.8) is 0 Å². The van der Waals surface area contributed by atoms with Crippen LogP contribution in [0.5, 0.6) is 0 Å². The van der Waals surface area contributed by atoms with Crippen LogP contribution in [0.25, 0.3) is 0 Å². The highest BCUT2D eigenvalue weighted by Crippen LogP contribution is 2.47. The monoisotopic (exact) mass is 272 g/mol. The minimum Gasteiger partial charge on any atom is -0.466 e. The van der Waals surface area contributed by atoms with E-state index in [1.165, 1.54) is 0 Å². The lowest BCUT2D eigenvalue weighted by Gasteiger charge is -2.32. The third kappa shape index (κ3) is 3.26. The molecule has 1 saturated heterocycles. The van der Waals surface area contributed by atoms with E-state index in [1.54, 1.807) is 20.8 Å². The molecule has 110 valence electrons. The lowest BCUT2D eigenvalue weighted by atomic mass is 9.71. The summed E-state index contributed by atoms with van der Waals surface area (Å²) < 4.78 is 15.7. The van der Waals surface area contributed by atoms with E-state index in [4.69, 9.17) is 14.2 Å². The second-order valence-corrected chi connectivity index (χ2v) is 5.67. The fraction of sp³-hybridized carbons (Fsp3) is 0.857. The number of hydrogen-bond donors (Lipinski definition) is 0. The highest BCUT2D eigenvalue weighted by molar-refractivity contribution is 5.81. The normalized spacial score (nSPS) is 29.0. The SMILES string of the molecule is CCOC(=O)C[C@H]1C(C)(C)CO[C@]1(C)C(=O)OCC. The predicted molar refractivity (Wildman–Crippen MR) is 69.5 cm³/mol. The van der Waals surface area contributed by atoms with Crippen LogP contribution in [0.2, 0.25) is 0 Å². The van der Waals surface area contributed by atoms with Gasteiger partial charge in [-0.25, -0.2) is 4.79 Å². The molecule has 0 aromatic carbocycles. The van der Waals surface area contributed by atoms with Crippen LogP contribution in [-0.2, 0) is 23.8 Å². The number of hydrogen-bond acceptors (Lipinski definition) is 5. The molecular formula is C14H24O5. The van der Waals surface area contributed by atoms with Crippen LogP contribution in [0, 0.1) is 11.3 Å². The maximum atomic E-state index is 12.1. The van der Waals surface area contributed by atoms with Gasteiger partial charge in [0.2, 0.25) is 0 Å². The van der Waals surface area contributed by atoms with Gasteiger partial charge in [0.05, 0.1) is 26.2 Å². The molecule has 0 saturated carbocycles. The minimum absolute atomic E-state index is 0.163. The van der Waals surface area contributed by atoms with Gasteiger partial charge in [0, 0.05) is 5.92 Å². The molecule has 0 bridgehead atoms. The molecule has 0 N–H and O–H groups in total. The summed E-state index contributed by atoms with van der Waals surface area (Å²) in [4.78, 5) is 23.8. The van der Waals surface area contributed by atoms with Crippen LogP contribution in [0.4, 0.5) is 0 Å². The van der Waals surface area contributed by atoms with Gasteiger partial charge in [-0.1, -0.05) is 13.8 Å². The molecule has 1 rings (SSSR count). The molecule has 0 radical (unpaired) electrons. The zero-order valence-corrected chi connectivity index (χ0v) is 12.4. The Bertz CT molecular complexity index is 350. The average Bonchev–Trinajstić information content (AvgIpc) is 2.55. The molecule has 0 aromatic rings. The summed E-state index contributed by atoms with van der Waals surface area (Å²) in [5.74, 6) is -0.963. The summed E-state index contributed by atoms with van der Waals surface area (Å²) in [6.07, 6.45) is 0.163. The Morgan fingerprint density at radius 3 is 2.26 bits per heavy atom. The summed E-state index contributed by atoms with van der Waals surface area (Å²) in [6, 6.07) is 0. The first kappa shape index (κ1) is 16.0. The van der Waals surface area contributed by atoms with E-state index in [9.17, 15) is 9.59 Å². The number of rotatable bonds is 5. The van der Waals surface area contributed by atoms with Gasteiger partial charge >= 0.3 is 11.9 Å². The minimum atomic E-state index is -1.08. The molecule has 5 nitrogen and oxygen atoms in total. The van der Waals surface area contributed by atoms with Gasteiger partial charge in [0.25, 0.3) is 0 Å². The van der Waals surface area contributed by atoms with Crippen molar-refractivity contribution in [2.75, 3.05) is 19.8 Å². The van der Waals surface area contributed by atoms with Crippen molar-refractivity contribution < 1.29 is 23.8 Å². The lowest BCUT2D eigenvalue weighted by molar-refractivity contribution is -0.169. The number of ether oxygens (including phenoxy) is 3. The highest BCUT2D eigenvalue weighted by atomic mass is 16.6. The predicted octanol–water partition coefficient (Wildman–Crippen LogP) is 1.93. The van der Waals surface area contributed by atoms with Crippen molar-refractivity contribution in [2.24, 2.45) is 11.3 Å². The van der Waals surface area contributed by atoms with Crippen LogP contribution in [0.3, 0.4) is 0 Å². The van der Waals surface area contributed by atoms with Crippen molar-refractivity contribution in [3.05, 3.63) is 0 Å². The topological polar surface area (TPSA) is 61.8 Å². The third-order valence-electron chi connectivity index (χ3n) is 3.71. The molecule has 0 unspecified atom stereocenters. The first-order valence-electron chi connectivity index (χ1n) is 6.74. The fourth-order valence-corrected chi connectivity index (χ4v) is 2.62. The quantitative estimate of drug-likeness (QED) is 0.716. The zero-order valence-electron chi connectivity index (χ0n) is 12.4. The van der Waals surface area contributed by atoms with Crippen LogP contribution in [0.1, 0.15) is 41.0 Å². The van der Waals surface area contributed by atoms with E-state index < -0.39 is 11.6 Å². The van der Waals surface area contributed by atoms with Crippen molar-refractivity contribution >= 4 is 11.9 Å². The van der Waals surface area contributed by atoms with Gasteiger partial charge in [-0.2, -0.15) is 0 Å². The molecular weight excluding hydrogens is 248 g/mol. The molecule has 1 aliphatic heterocycles. The van der Waals surface area contributed by atoms with E-state index in [0.717, 1.165) is 0 Å². The molecule has 1 fully saturated rings. The Balaban J connectivity index is 2.91. The molecule has 5 heteroatoms. The molecule has 19 heavy (non-hydrogen) atoms. The second-order valence-electron chi connectivity index (χ2n) is 5.67. The number of carbonyl (C=O) groups is 2. The van der Waals surface area contributed by atoms with Crippen LogP contribution in [0.15, 0.2) is 0 Å². The van der Waals surface area contributed by atoms with E-state index in [1.807, 2.05) is 13.8 Å².